The molecule has 0 aromatic carbocycles. The van der Waals surface area contributed by atoms with Crippen molar-refractivity contribution in [2.24, 2.45) is 5.92 Å². The predicted octanol–water partition coefficient (Wildman–Crippen LogP) is -0.0633. The molecule has 20 heavy (non-hydrogen) atoms. The van der Waals surface area contributed by atoms with Crippen molar-refractivity contribution in [1.82, 2.24) is 10.2 Å². The maximum absolute atomic E-state index is 12.6. The third-order valence-electron chi connectivity index (χ3n) is 4.08. The van der Waals surface area contributed by atoms with Gasteiger partial charge in [-0.25, -0.2) is 8.42 Å². The Morgan fingerprint density at radius 3 is 2.35 bits per heavy atom. The summed E-state index contributed by atoms with van der Waals surface area (Å²) in [6.07, 6.45) is 1.25. The van der Waals surface area contributed by atoms with Gasteiger partial charge in [-0.05, 0) is 18.8 Å². The number of sulfone groups is 1. The lowest BCUT2D eigenvalue weighted by atomic mass is 10.0. The molecule has 0 aromatic heterocycles. The van der Waals surface area contributed by atoms with Crippen LogP contribution in [0.2, 0.25) is 0 Å². The molecule has 1 N–H and O–H groups in total. The van der Waals surface area contributed by atoms with Gasteiger partial charge in [-0.3, -0.25) is 9.59 Å². The lowest BCUT2D eigenvalue weighted by molar-refractivity contribution is -0.136. The van der Waals surface area contributed by atoms with Crippen LogP contribution < -0.4 is 5.32 Å². The van der Waals surface area contributed by atoms with Crippen LogP contribution in [0.4, 0.5) is 0 Å². The monoisotopic (exact) mass is 302 g/mol. The summed E-state index contributed by atoms with van der Waals surface area (Å²) in [4.78, 5) is 26.0. The maximum atomic E-state index is 12.6. The summed E-state index contributed by atoms with van der Waals surface area (Å²) in [7, 11) is -2.94. The zero-order valence-corrected chi connectivity index (χ0v) is 12.8. The van der Waals surface area contributed by atoms with Gasteiger partial charge in [-0.1, -0.05) is 13.8 Å². The molecule has 0 saturated carbocycles. The van der Waals surface area contributed by atoms with Crippen LogP contribution in [0.1, 0.15) is 33.1 Å². The van der Waals surface area contributed by atoms with Gasteiger partial charge in [0.25, 0.3) is 0 Å². The maximum Gasteiger partial charge on any atom is 0.245 e. The molecule has 1 atom stereocenters. The van der Waals surface area contributed by atoms with Crippen molar-refractivity contribution in [3.05, 3.63) is 0 Å². The second kappa shape index (κ2) is 5.71. The van der Waals surface area contributed by atoms with Crippen LogP contribution in [0.25, 0.3) is 0 Å². The average Bonchev–Trinajstić information content (AvgIpc) is 2.50. The Labute approximate surface area is 119 Å². The van der Waals surface area contributed by atoms with Crippen LogP contribution in [-0.2, 0) is 19.4 Å². The molecule has 2 aliphatic heterocycles. The van der Waals surface area contributed by atoms with Crippen LogP contribution in [-0.4, -0.2) is 55.3 Å². The molecule has 0 bridgehead atoms. The number of carbonyl (C=O) groups excluding carboxylic acids is 2. The van der Waals surface area contributed by atoms with E-state index in [-0.39, 0.29) is 41.7 Å². The lowest BCUT2D eigenvalue weighted by Crippen LogP contribution is -2.52. The van der Waals surface area contributed by atoms with Crippen molar-refractivity contribution in [2.75, 3.05) is 18.1 Å². The molecule has 7 heteroatoms. The highest BCUT2D eigenvalue weighted by molar-refractivity contribution is 7.91. The highest BCUT2D eigenvalue weighted by atomic mass is 32.2. The fraction of sp³-hybridized carbons (Fsp3) is 0.846. The van der Waals surface area contributed by atoms with Crippen LogP contribution in [0.5, 0.6) is 0 Å². The molecule has 0 aliphatic carbocycles. The molecular formula is C13H22N2O4S. The molecule has 2 fully saturated rings. The quantitative estimate of drug-likeness (QED) is 0.774. The number of rotatable bonds is 2. The smallest absolute Gasteiger partial charge is 0.245 e. The summed E-state index contributed by atoms with van der Waals surface area (Å²) in [6.45, 7) is 4.19. The second-order valence-corrected chi connectivity index (χ2v) is 8.26. The number of amides is 2. The molecular weight excluding hydrogens is 280 g/mol. The largest absolute Gasteiger partial charge is 0.344 e. The minimum Gasteiger partial charge on any atom is -0.344 e. The number of nitrogens with one attached hydrogen (secondary N) is 1. The molecule has 6 nitrogen and oxygen atoms in total. The Hall–Kier alpha value is -1.11. The molecule has 2 saturated heterocycles. The van der Waals surface area contributed by atoms with Gasteiger partial charge in [0.2, 0.25) is 11.8 Å². The van der Waals surface area contributed by atoms with Gasteiger partial charge in [-0.2, -0.15) is 0 Å². The molecule has 2 aliphatic rings. The Balaban J connectivity index is 2.13. The van der Waals surface area contributed by atoms with Crippen molar-refractivity contribution in [3.8, 4) is 0 Å². The van der Waals surface area contributed by atoms with Gasteiger partial charge >= 0.3 is 0 Å². The van der Waals surface area contributed by atoms with E-state index in [1.807, 2.05) is 13.8 Å². The summed E-state index contributed by atoms with van der Waals surface area (Å²) in [5, 5.41) is 2.77. The molecule has 1 unspecified atom stereocenters. The number of carbonyl (C=O) groups is 2. The van der Waals surface area contributed by atoms with E-state index in [1.54, 1.807) is 4.90 Å². The fourth-order valence-electron chi connectivity index (χ4n) is 2.82. The number of nitrogens with zero attached hydrogens (tertiary/aromatic N) is 1. The Bertz CT molecular complexity index is 487. The molecule has 2 heterocycles. The van der Waals surface area contributed by atoms with E-state index in [4.69, 9.17) is 0 Å². The second-order valence-electron chi connectivity index (χ2n) is 5.95. The topological polar surface area (TPSA) is 83.6 Å². The van der Waals surface area contributed by atoms with E-state index in [1.165, 1.54) is 0 Å². The zero-order valence-electron chi connectivity index (χ0n) is 12.0. The number of hydrogen-bond donors (Lipinski definition) is 1. The van der Waals surface area contributed by atoms with E-state index < -0.39 is 15.9 Å². The Morgan fingerprint density at radius 2 is 1.80 bits per heavy atom. The highest BCUT2D eigenvalue weighted by Crippen LogP contribution is 2.22. The number of hydrogen-bond acceptors (Lipinski definition) is 4. The highest BCUT2D eigenvalue weighted by Gasteiger charge is 2.37. The summed E-state index contributed by atoms with van der Waals surface area (Å²) < 4.78 is 23.0. The normalized spacial score (nSPS) is 28.4. The Kier molecular flexibility index (Phi) is 4.36. The molecule has 114 valence electrons. The van der Waals surface area contributed by atoms with E-state index >= 15 is 0 Å². The van der Waals surface area contributed by atoms with Gasteiger partial charge in [0.15, 0.2) is 0 Å². The van der Waals surface area contributed by atoms with Crippen molar-refractivity contribution >= 4 is 21.7 Å². The SMILES string of the molecule is CC(C)C1NC(=O)CCN(C2CCS(=O)(=O)CC2)C1=O. The molecule has 2 rings (SSSR count). The van der Waals surface area contributed by atoms with Crippen LogP contribution in [0, 0.1) is 5.92 Å². The third kappa shape index (κ3) is 3.31. The predicted molar refractivity (Wildman–Crippen MR) is 74.8 cm³/mol. The van der Waals surface area contributed by atoms with Crippen LogP contribution in [0.15, 0.2) is 0 Å². The van der Waals surface area contributed by atoms with E-state index in [9.17, 15) is 18.0 Å². The Morgan fingerprint density at radius 1 is 1.20 bits per heavy atom. The summed E-state index contributed by atoms with van der Waals surface area (Å²) in [5.74, 6) is 0.113. The molecule has 0 radical (unpaired) electrons. The van der Waals surface area contributed by atoms with E-state index in [0.29, 0.717) is 19.4 Å². The van der Waals surface area contributed by atoms with Crippen molar-refractivity contribution < 1.29 is 18.0 Å². The van der Waals surface area contributed by atoms with Crippen LogP contribution >= 0.6 is 0 Å². The van der Waals surface area contributed by atoms with Gasteiger partial charge in [0.1, 0.15) is 15.9 Å². The third-order valence-corrected chi connectivity index (χ3v) is 5.79. The first-order valence-electron chi connectivity index (χ1n) is 7.10. The minimum absolute atomic E-state index is 0.0272. The average molecular weight is 302 g/mol. The first-order valence-corrected chi connectivity index (χ1v) is 8.92. The molecule has 0 spiro atoms. The standard InChI is InChI=1S/C13H22N2O4S/c1-9(2)12-13(17)15(6-3-11(16)14-12)10-4-7-20(18,19)8-5-10/h9-10,12H,3-8H2,1-2H3,(H,14,16). The molecule has 2 amide bonds. The minimum atomic E-state index is -2.94. The first kappa shape index (κ1) is 15.3. The van der Waals surface area contributed by atoms with Gasteiger partial charge in [0, 0.05) is 19.0 Å². The molecule has 0 aromatic rings. The summed E-state index contributed by atoms with van der Waals surface area (Å²) >= 11 is 0. The van der Waals surface area contributed by atoms with Gasteiger partial charge < -0.3 is 10.2 Å². The van der Waals surface area contributed by atoms with Crippen molar-refractivity contribution in [1.29, 1.82) is 0 Å². The van der Waals surface area contributed by atoms with E-state index in [0.717, 1.165) is 0 Å². The lowest BCUT2D eigenvalue weighted by Gasteiger charge is -2.35. The zero-order chi connectivity index (χ0) is 14.9. The summed E-state index contributed by atoms with van der Waals surface area (Å²) in [5.41, 5.74) is 0. The fourth-order valence-corrected chi connectivity index (χ4v) is 4.29. The van der Waals surface area contributed by atoms with Crippen molar-refractivity contribution in [2.45, 2.75) is 45.2 Å². The van der Waals surface area contributed by atoms with Crippen LogP contribution in [0.3, 0.4) is 0 Å². The van der Waals surface area contributed by atoms with E-state index in [2.05, 4.69) is 5.32 Å². The van der Waals surface area contributed by atoms with Crippen molar-refractivity contribution in [3.63, 3.8) is 0 Å². The van der Waals surface area contributed by atoms with Gasteiger partial charge in [0.05, 0.1) is 11.5 Å². The first-order chi connectivity index (χ1) is 9.30. The van der Waals surface area contributed by atoms with Gasteiger partial charge in [-0.15, -0.1) is 0 Å². The summed E-state index contributed by atoms with van der Waals surface area (Å²) in [6, 6.07) is -0.552.